The van der Waals surface area contributed by atoms with Crippen molar-refractivity contribution in [1.29, 1.82) is 0 Å². The van der Waals surface area contributed by atoms with E-state index in [1.807, 2.05) is 30.3 Å². The number of rotatable bonds is 3. The molecule has 1 aliphatic rings. The fraction of sp³-hybridized carbons (Fsp3) is 0.526. The average Bonchev–Trinajstić information content (AvgIpc) is 2.71. The van der Waals surface area contributed by atoms with Gasteiger partial charge in [-0.1, -0.05) is 44.2 Å². The Hall–Kier alpha value is -2.37. The van der Waals surface area contributed by atoms with Crippen LogP contribution in [0.2, 0.25) is 0 Å². The molecule has 6 heteroatoms. The summed E-state index contributed by atoms with van der Waals surface area (Å²) in [4.78, 5) is 30.5. The molecule has 0 spiro atoms. The summed E-state index contributed by atoms with van der Waals surface area (Å²) in [7, 11) is 1.61. The SMILES string of the molecule is CC(C)C[C@]1(c2ccccc2)N/C(=N/C(=O)OC(C)(C)C)N(C)C1=O. The molecule has 2 amide bonds. The molecule has 0 aliphatic carbocycles. The number of benzene rings is 1. The molecule has 1 aromatic carbocycles. The van der Waals surface area contributed by atoms with E-state index < -0.39 is 17.2 Å². The molecule has 1 saturated heterocycles. The van der Waals surface area contributed by atoms with Gasteiger partial charge < -0.3 is 10.1 Å². The molecule has 25 heavy (non-hydrogen) atoms. The fourth-order valence-corrected chi connectivity index (χ4v) is 2.97. The second-order valence-electron chi connectivity index (χ2n) is 7.77. The minimum Gasteiger partial charge on any atom is -0.442 e. The highest BCUT2D eigenvalue weighted by Crippen LogP contribution is 2.34. The standard InChI is InChI=1S/C19H27N3O3/c1-13(2)12-19(14-10-8-7-9-11-14)15(23)22(6)16(21-19)20-17(24)25-18(3,4)5/h7-11,13H,12H2,1-6H3,(H,20,21,24)/t19-/m1/s1. The van der Waals surface area contributed by atoms with Crippen molar-refractivity contribution in [2.75, 3.05) is 7.05 Å². The van der Waals surface area contributed by atoms with Gasteiger partial charge in [-0.3, -0.25) is 9.69 Å². The second kappa shape index (κ2) is 6.86. The van der Waals surface area contributed by atoms with Gasteiger partial charge in [-0.2, -0.15) is 0 Å². The first-order valence-electron chi connectivity index (χ1n) is 8.49. The number of carbonyl (C=O) groups is 2. The predicted molar refractivity (Wildman–Crippen MR) is 97.1 cm³/mol. The first kappa shape index (κ1) is 19.0. The summed E-state index contributed by atoms with van der Waals surface area (Å²) in [6.07, 6.45) is -0.129. The molecule has 2 rings (SSSR count). The Morgan fingerprint density at radius 3 is 2.40 bits per heavy atom. The first-order valence-corrected chi connectivity index (χ1v) is 8.49. The van der Waals surface area contributed by atoms with E-state index >= 15 is 0 Å². The lowest BCUT2D eigenvalue weighted by molar-refractivity contribution is -0.131. The number of aliphatic imine (C=N–C) groups is 1. The van der Waals surface area contributed by atoms with Gasteiger partial charge in [0.15, 0.2) is 0 Å². The van der Waals surface area contributed by atoms with Crippen LogP contribution in [0.5, 0.6) is 0 Å². The molecule has 1 N–H and O–H groups in total. The predicted octanol–water partition coefficient (Wildman–Crippen LogP) is 3.28. The maximum absolute atomic E-state index is 13.1. The molecule has 0 radical (unpaired) electrons. The molecule has 1 aliphatic heterocycles. The van der Waals surface area contributed by atoms with E-state index in [-0.39, 0.29) is 17.8 Å². The van der Waals surface area contributed by atoms with Gasteiger partial charge in [0.25, 0.3) is 5.91 Å². The monoisotopic (exact) mass is 345 g/mol. The summed E-state index contributed by atoms with van der Waals surface area (Å²) in [6.45, 7) is 9.44. The Kier molecular flexibility index (Phi) is 5.20. The topological polar surface area (TPSA) is 71.0 Å². The highest BCUT2D eigenvalue weighted by atomic mass is 16.6. The van der Waals surface area contributed by atoms with E-state index in [0.29, 0.717) is 6.42 Å². The number of ether oxygens (including phenoxy) is 1. The molecule has 1 atom stereocenters. The minimum atomic E-state index is -0.926. The number of amides is 2. The number of likely N-dealkylation sites (N-methyl/N-ethyl adjacent to an activating group) is 1. The van der Waals surface area contributed by atoms with Crippen LogP contribution >= 0.6 is 0 Å². The summed E-state index contributed by atoms with van der Waals surface area (Å²) in [5.74, 6) is 0.351. The normalized spacial score (nSPS) is 22.4. The Balaban J connectivity index is 2.40. The number of hydrogen-bond donors (Lipinski definition) is 1. The van der Waals surface area contributed by atoms with Gasteiger partial charge in [-0.05, 0) is 38.7 Å². The number of carbonyl (C=O) groups excluding carboxylic acids is 2. The van der Waals surface area contributed by atoms with Gasteiger partial charge in [0.2, 0.25) is 5.96 Å². The van der Waals surface area contributed by atoms with Gasteiger partial charge in [0, 0.05) is 7.05 Å². The van der Waals surface area contributed by atoms with Crippen molar-refractivity contribution in [3.63, 3.8) is 0 Å². The smallest absolute Gasteiger partial charge is 0.437 e. The molecular weight excluding hydrogens is 318 g/mol. The third-order valence-electron chi connectivity index (χ3n) is 3.88. The maximum Gasteiger partial charge on any atom is 0.437 e. The maximum atomic E-state index is 13.1. The van der Waals surface area contributed by atoms with Crippen LogP contribution < -0.4 is 5.32 Å². The van der Waals surface area contributed by atoms with E-state index in [2.05, 4.69) is 24.2 Å². The van der Waals surface area contributed by atoms with Crippen molar-refractivity contribution in [2.24, 2.45) is 10.9 Å². The zero-order chi connectivity index (χ0) is 18.8. The van der Waals surface area contributed by atoms with E-state index in [9.17, 15) is 9.59 Å². The van der Waals surface area contributed by atoms with Gasteiger partial charge >= 0.3 is 6.09 Å². The number of nitrogens with zero attached hydrogens (tertiary/aromatic N) is 2. The Morgan fingerprint density at radius 1 is 1.28 bits per heavy atom. The second-order valence-corrected chi connectivity index (χ2v) is 7.77. The van der Waals surface area contributed by atoms with Crippen LogP contribution in [0, 0.1) is 5.92 Å². The zero-order valence-electron chi connectivity index (χ0n) is 15.8. The van der Waals surface area contributed by atoms with Crippen LogP contribution in [0.4, 0.5) is 4.79 Å². The first-order chi connectivity index (χ1) is 11.5. The van der Waals surface area contributed by atoms with Gasteiger partial charge in [-0.25, -0.2) is 4.79 Å². The summed E-state index contributed by atoms with van der Waals surface area (Å²) < 4.78 is 5.23. The van der Waals surface area contributed by atoms with Crippen LogP contribution in [-0.2, 0) is 15.1 Å². The number of hydrogen-bond acceptors (Lipinski definition) is 3. The van der Waals surface area contributed by atoms with Crippen molar-refractivity contribution in [1.82, 2.24) is 10.2 Å². The average molecular weight is 345 g/mol. The summed E-state index contributed by atoms with van der Waals surface area (Å²) in [5.41, 5.74) is -0.711. The van der Waals surface area contributed by atoms with Crippen molar-refractivity contribution >= 4 is 18.0 Å². The Bertz CT molecular complexity index is 677. The largest absolute Gasteiger partial charge is 0.442 e. The van der Waals surface area contributed by atoms with Crippen molar-refractivity contribution in [3.8, 4) is 0 Å². The van der Waals surface area contributed by atoms with E-state index in [0.717, 1.165) is 5.56 Å². The van der Waals surface area contributed by atoms with E-state index in [1.54, 1.807) is 27.8 Å². The lowest BCUT2D eigenvalue weighted by atomic mass is 9.82. The highest BCUT2D eigenvalue weighted by Gasteiger charge is 2.50. The third kappa shape index (κ3) is 4.18. The van der Waals surface area contributed by atoms with Crippen LogP contribution in [-0.4, -0.2) is 35.5 Å². The number of guanidine groups is 1. The molecule has 1 aromatic rings. The van der Waals surface area contributed by atoms with Crippen LogP contribution in [0.15, 0.2) is 35.3 Å². The van der Waals surface area contributed by atoms with Crippen molar-refractivity contribution in [3.05, 3.63) is 35.9 Å². The Labute approximate surface area is 149 Å². The molecule has 1 heterocycles. The molecule has 0 bridgehead atoms. The fourth-order valence-electron chi connectivity index (χ4n) is 2.97. The third-order valence-corrected chi connectivity index (χ3v) is 3.88. The minimum absolute atomic E-state index is 0.130. The van der Waals surface area contributed by atoms with E-state index in [1.165, 1.54) is 4.90 Å². The number of nitrogens with one attached hydrogen (secondary N) is 1. The molecule has 136 valence electrons. The van der Waals surface area contributed by atoms with Gasteiger partial charge in [0.05, 0.1) is 0 Å². The van der Waals surface area contributed by atoms with Gasteiger partial charge in [0.1, 0.15) is 11.1 Å². The molecule has 0 aromatic heterocycles. The summed E-state index contributed by atoms with van der Waals surface area (Å²) in [6, 6.07) is 9.53. The van der Waals surface area contributed by atoms with E-state index in [4.69, 9.17) is 4.74 Å². The molecule has 0 saturated carbocycles. The Morgan fingerprint density at radius 2 is 1.88 bits per heavy atom. The summed E-state index contributed by atoms with van der Waals surface area (Å²) in [5, 5.41) is 3.19. The highest BCUT2D eigenvalue weighted by molar-refractivity contribution is 6.11. The molecule has 0 unspecified atom stereocenters. The summed E-state index contributed by atoms with van der Waals surface area (Å²) >= 11 is 0. The van der Waals surface area contributed by atoms with Crippen molar-refractivity contribution < 1.29 is 14.3 Å². The molecule has 6 nitrogen and oxygen atoms in total. The lowest BCUT2D eigenvalue weighted by Gasteiger charge is -2.29. The van der Waals surface area contributed by atoms with Crippen LogP contribution in [0.1, 0.15) is 46.6 Å². The van der Waals surface area contributed by atoms with Crippen LogP contribution in [0.25, 0.3) is 0 Å². The van der Waals surface area contributed by atoms with Crippen molar-refractivity contribution in [2.45, 2.75) is 52.2 Å². The molecule has 1 fully saturated rings. The molecular formula is C19H27N3O3. The lowest BCUT2D eigenvalue weighted by Crippen LogP contribution is -2.45. The quantitative estimate of drug-likeness (QED) is 0.912. The van der Waals surface area contributed by atoms with Crippen LogP contribution in [0.3, 0.4) is 0 Å². The van der Waals surface area contributed by atoms with Gasteiger partial charge in [-0.15, -0.1) is 4.99 Å². The zero-order valence-corrected chi connectivity index (χ0v) is 15.8.